The highest BCUT2D eigenvalue weighted by atomic mass is 79.9. The smallest absolute Gasteiger partial charge is 0.258 e. The molecule has 10 heteroatoms. The van der Waals surface area contributed by atoms with Crippen LogP contribution in [0.5, 0.6) is 5.75 Å². The van der Waals surface area contributed by atoms with E-state index in [9.17, 15) is 19.5 Å². The number of anilines is 2. The number of carbonyl (C=O) groups is 3. The maximum atomic E-state index is 14.7. The van der Waals surface area contributed by atoms with Gasteiger partial charge in [0.1, 0.15) is 11.3 Å². The van der Waals surface area contributed by atoms with Crippen molar-refractivity contribution < 1.29 is 24.2 Å². The average Bonchev–Trinajstić information content (AvgIpc) is 3.15. The molecule has 4 N–H and O–H groups in total. The summed E-state index contributed by atoms with van der Waals surface area (Å²) in [6.07, 6.45) is -0.688. The predicted octanol–water partition coefficient (Wildman–Crippen LogP) is 4.94. The SMILES string of the molecule is CNC(C)(C(N)=O)[C@@H]1CN(C(=O)c2ccc(C(C)O)cc2)c2ccccc2N(Cc2c(OC)ccc3c(Br)cccc23)C1=O. The number of hydrogen-bond acceptors (Lipinski definition) is 6. The minimum atomic E-state index is -1.49. The fourth-order valence-corrected chi connectivity index (χ4v) is 6.27. The fraction of sp³-hybridized carbons (Fsp3) is 0.265. The van der Waals surface area contributed by atoms with E-state index < -0.39 is 23.5 Å². The number of aliphatic hydroxyl groups excluding tert-OH is 1. The van der Waals surface area contributed by atoms with E-state index in [0.717, 1.165) is 20.8 Å². The zero-order valence-electron chi connectivity index (χ0n) is 25.0. The van der Waals surface area contributed by atoms with Crippen molar-refractivity contribution in [2.45, 2.75) is 32.0 Å². The molecule has 0 radical (unpaired) electrons. The number of hydrogen-bond donors (Lipinski definition) is 3. The number of nitrogens with one attached hydrogen (secondary N) is 1. The highest BCUT2D eigenvalue weighted by Gasteiger charge is 2.49. The average molecular weight is 660 g/mol. The van der Waals surface area contributed by atoms with Crippen LogP contribution in [-0.2, 0) is 16.1 Å². The molecule has 4 aromatic rings. The van der Waals surface area contributed by atoms with Crippen molar-refractivity contribution in [3.8, 4) is 5.75 Å². The molecule has 2 unspecified atom stereocenters. The molecule has 3 atom stereocenters. The summed E-state index contributed by atoms with van der Waals surface area (Å²) in [4.78, 5) is 45.0. The van der Waals surface area contributed by atoms with Crippen LogP contribution >= 0.6 is 15.9 Å². The number of para-hydroxylation sites is 2. The highest BCUT2D eigenvalue weighted by Crippen LogP contribution is 2.41. The maximum Gasteiger partial charge on any atom is 0.258 e. The molecule has 228 valence electrons. The van der Waals surface area contributed by atoms with E-state index in [0.29, 0.717) is 28.3 Å². The van der Waals surface area contributed by atoms with Gasteiger partial charge < -0.3 is 30.7 Å². The van der Waals surface area contributed by atoms with Crippen LogP contribution in [0.4, 0.5) is 11.4 Å². The lowest BCUT2D eigenvalue weighted by Gasteiger charge is -2.36. The summed E-state index contributed by atoms with van der Waals surface area (Å²) in [5.41, 5.74) is 7.26. The van der Waals surface area contributed by atoms with E-state index in [1.165, 1.54) is 4.90 Å². The lowest BCUT2D eigenvalue weighted by molar-refractivity contribution is -0.133. The Morgan fingerprint density at radius 3 is 2.34 bits per heavy atom. The summed E-state index contributed by atoms with van der Waals surface area (Å²) in [7, 11) is 3.16. The minimum Gasteiger partial charge on any atom is -0.496 e. The van der Waals surface area contributed by atoms with Crippen LogP contribution in [0.3, 0.4) is 0 Å². The second-order valence-electron chi connectivity index (χ2n) is 11.1. The van der Waals surface area contributed by atoms with Gasteiger partial charge >= 0.3 is 0 Å². The van der Waals surface area contributed by atoms with E-state index in [1.54, 1.807) is 75.4 Å². The Labute approximate surface area is 264 Å². The monoisotopic (exact) mass is 658 g/mol. The van der Waals surface area contributed by atoms with Crippen molar-refractivity contribution in [2.24, 2.45) is 11.7 Å². The molecule has 4 aromatic carbocycles. The Morgan fingerprint density at radius 2 is 1.73 bits per heavy atom. The quantitative estimate of drug-likeness (QED) is 0.246. The Kier molecular flexibility index (Phi) is 8.78. The van der Waals surface area contributed by atoms with Crippen molar-refractivity contribution in [3.05, 3.63) is 100 Å². The molecule has 0 saturated heterocycles. The van der Waals surface area contributed by atoms with Crippen LogP contribution in [0.2, 0.25) is 0 Å². The van der Waals surface area contributed by atoms with Crippen LogP contribution < -0.4 is 25.6 Å². The molecule has 5 rings (SSSR count). The van der Waals surface area contributed by atoms with E-state index in [4.69, 9.17) is 10.5 Å². The van der Waals surface area contributed by atoms with E-state index >= 15 is 0 Å². The number of methoxy groups -OCH3 is 1. The minimum absolute atomic E-state index is 0.104. The number of ether oxygens (including phenoxy) is 1. The van der Waals surface area contributed by atoms with Gasteiger partial charge in [0, 0.05) is 22.1 Å². The van der Waals surface area contributed by atoms with Gasteiger partial charge in [-0.3, -0.25) is 14.4 Å². The fourth-order valence-electron chi connectivity index (χ4n) is 5.77. The van der Waals surface area contributed by atoms with Gasteiger partial charge in [0.2, 0.25) is 11.8 Å². The molecule has 0 aliphatic carbocycles. The molecular formula is C34H35BrN4O5. The molecule has 0 aromatic heterocycles. The Hall–Kier alpha value is -4.25. The molecule has 1 heterocycles. The van der Waals surface area contributed by atoms with Crippen molar-refractivity contribution in [3.63, 3.8) is 0 Å². The molecule has 9 nitrogen and oxygen atoms in total. The maximum absolute atomic E-state index is 14.7. The van der Waals surface area contributed by atoms with Crippen LogP contribution in [0, 0.1) is 5.92 Å². The molecule has 0 bridgehead atoms. The van der Waals surface area contributed by atoms with Gasteiger partial charge in [0.25, 0.3) is 5.91 Å². The predicted molar refractivity (Wildman–Crippen MR) is 175 cm³/mol. The number of amides is 3. The lowest BCUT2D eigenvalue weighted by Crippen LogP contribution is -2.63. The van der Waals surface area contributed by atoms with Crippen molar-refractivity contribution >= 4 is 55.8 Å². The van der Waals surface area contributed by atoms with Gasteiger partial charge in [-0.1, -0.05) is 52.3 Å². The first-order chi connectivity index (χ1) is 21.0. The Balaban J connectivity index is 1.71. The van der Waals surface area contributed by atoms with Gasteiger partial charge in [0.05, 0.1) is 37.1 Å². The number of fused-ring (bicyclic) bond motifs is 2. The summed E-state index contributed by atoms with van der Waals surface area (Å²) in [6, 6.07) is 23.5. The van der Waals surface area contributed by atoms with E-state index in [1.807, 2.05) is 36.4 Å². The molecule has 0 spiro atoms. The van der Waals surface area contributed by atoms with Crippen LogP contribution in [-0.4, -0.2) is 49.1 Å². The van der Waals surface area contributed by atoms with Gasteiger partial charge in [-0.15, -0.1) is 0 Å². The normalized spacial score (nSPS) is 17.0. The van der Waals surface area contributed by atoms with E-state index in [-0.39, 0.29) is 24.9 Å². The number of likely N-dealkylation sites (N-methyl/N-ethyl adjacent to an activating group) is 1. The summed E-state index contributed by atoms with van der Waals surface area (Å²) in [6.45, 7) is 3.23. The van der Waals surface area contributed by atoms with Crippen LogP contribution in [0.25, 0.3) is 10.8 Å². The number of halogens is 1. The third-order valence-electron chi connectivity index (χ3n) is 8.62. The third kappa shape index (κ3) is 5.45. The molecule has 1 aliphatic rings. The van der Waals surface area contributed by atoms with Gasteiger partial charge in [-0.05, 0) is 79.7 Å². The molecule has 44 heavy (non-hydrogen) atoms. The number of carbonyl (C=O) groups excluding carboxylic acids is 3. The Bertz CT molecular complexity index is 1740. The largest absolute Gasteiger partial charge is 0.496 e. The van der Waals surface area contributed by atoms with E-state index in [2.05, 4.69) is 21.2 Å². The summed E-state index contributed by atoms with van der Waals surface area (Å²) in [5.74, 6) is -1.90. The van der Waals surface area contributed by atoms with Gasteiger partial charge in [0.15, 0.2) is 0 Å². The van der Waals surface area contributed by atoms with Crippen LogP contribution in [0.15, 0.2) is 83.3 Å². The molecule has 3 amide bonds. The first-order valence-corrected chi connectivity index (χ1v) is 15.0. The number of aliphatic hydroxyl groups is 1. The molecular weight excluding hydrogens is 624 g/mol. The third-order valence-corrected chi connectivity index (χ3v) is 9.31. The number of benzene rings is 4. The summed E-state index contributed by atoms with van der Waals surface area (Å²) >= 11 is 3.63. The number of rotatable bonds is 8. The summed E-state index contributed by atoms with van der Waals surface area (Å²) < 4.78 is 6.66. The topological polar surface area (TPSA) is 125 Å². The second-order valence-corrected chi connectivity index (χ2v) is 11.9. The number of nitrogens with two attached hydrogens (primary N) is 1. The van der Waals surface area contributed by atoms with Crippen LogP contribution in [0.1, 0.15) is 41.4 Å². The zero-order valence-corrected chi connectivity index (χ0v) is 26.6. The standard InChI is InChI=1S/C34H35BrN4O5/c1-20(40)21-12-14-22(15-13-21)31(41)39-19-26(34(2,37-3)33(36)43)32(42)38(28-10-5-6-11-29(28)39)18-25-23-8-7-9-27(35)24(23)16-17-30(25)44-4/h5-17,20,26,37,40H,18-19H2,1-4H3,(H2,36,43)/t20?,26-,34?/m1/s1. The molecule has 1 aliphatic heterocycles. The number of nitrogens with zero attached hydrogens (tertiary/aromatic N) is 2. The lowest BCUT2D eigenvalue weighted by atomic mass is 9.83. The summed E-state index contributed by atoms with van der Waals surface area (Å²) in [5, 5.41) is 14.8. The Morgan fingerprint density at radius 1 is 1.05 bits per heavy atom. The van der Waals surface area contributed by atoms with Crippen molar-refractivity contribution in [1.82, 2.24) is 5.32 Å². The number of primary amides is 1. The molecule has 0 fully saturated rings. The van der Waals surface area contributed by atoms with Gasteiger partial charge in [-0.25, -0.2) is 0 Å². The van der Waals surface area contributed by atoms with Gasteiger partial charge in [-0.2, -0.15) is 0 Å². The first-order valence-electron chi connectivity index (χ1n) is 14.2. The highest BCUT2D eigenvalue weighted by molar-refractivity contribution is 9.10. The molecule has 0 saturated carbocycles. The second kappa shape index (κ2) is 12.4. The first kappa shape index (κ1) is 31.2. The zero-order chi connectivity index (χ0) is 31.8. The van der Waals surface area contributed by atoms with Crippen molar-refractivity contribution in [1.29, 1.82) is 0 Å². The van der Waals surface area contributed by atoms with Crippen molar-refractivity contribution in [2.75, 3.05) is 30.5 Å².